The highest BCUT2D eigenvalue weighted by atomic mass is 35.5. The van der Waals surface area contributed by atoms with Crippen molar-refractivity contribution >= 4 is 62.5 Å². The van der Waals surface area contributed by atoms with E-state index in [-0.39, 0.29) is 23.4 Å². The first-order chi connectivity index (χ1) is 19.4. The van der Waals surface area contributed by atoms with Gasteiger partial charge in [0, 0.05) is 33.1 Å². The zero-order valence-electron chi connectivity index (χ0n) is 23.7. The number of carbonyl (C=O) groups is 2. The fourth-order valence-corrected chi connectivity index (χ4v) is 6.36. The Balaban J connectivity index is 2.06. The van der Waals surface area contributed by atoms with Gasteiger partial charge in [0.25, 0.3) is 10.0 Å². The molecule has 0 aliphatic carbocycles. The predicted octanol–water partition coefficient (Wildman–Crippen LogP) is 6.55. The molecule has 3 aromatic carbocycles. The molecule has 11 heteroatoms. The Bertz CT molecular complexity index is 1450. The van der Waals surface area contributed by atoms with Gasteiger partial charge in [-0.25, -0.2) is 8.42 Å². The number of carbonyl (C=O) groups excluding carboxylic acids is 2. The molecule has 0 aromatic heterocycles. The third-order valence-corrected chi connectivity index (χ3v) is 10.0. The van der Waals surface area contributed by atoms with Crippen molar-refractivity contribution in [3.63, 3.8) is 0 Å². The van der Waals surface area contributed by atoms with Crippen molar-refractivity contribution in [2.75, 3.05) is 17.1 Å². The molecule has 0 bridgehead atoms. The van der Waals surface area contributed by atoms with Gasteiger partial charge in [-0.15, -0.1) is 11.8 Å². The third-order valence-electron chi connectivity index (χ3n) is 6.81. The lowest BCUT2D eigenvalue weighted by Gasteiger charge is -2.33. The highest BCUT2D eigenvalue weighted by Gasteiger charge is 2.33. The molecule has 0 aliphatic heterocycles. The van der Waals surface area contributed by atoms with Gasteiger partial charge in [0.05, 0.1) is 10.6 Å². The second kappa shape index (κ2) is 14.4. The number of halogens is 2. The summed E-state index contributed by atoms with van der Waals surface area (Å²) in [4.78, 5) is 29.5. The van der Waals surface area contributed by atoms with E-state index in [1.807, 2.05) is 27.0 Å². The first kappa shape index (κ1) is 32.8. The maximum absolute atomic E-state index is 14.1. The van der Waals surface area contributed by atoms with Crippen LogP contribution < -0.4 is 9.62 Å². The standard InChI is InChI=1S/C30H35Cl2N3O4S2/c1-6-21(3)33-30(37)22(4)34(18-26-27(31)8-7-9-28(26)32)29(36)19-35(23-12-10-20(2)11-13-23)41(38,39)25-16-14-24(40-5)15-17-25/h7-17,21-22H,6,18-19H2,1-5H3,(H,33,37)/t21-,22-/m0/s1. The fourth-order valence-electron chi connectivity index (χ4n) is 4.02. The number of hydrogen-bond acceptors (Lipinski definition) is 5. The van der Waals surface area contributed by atoms with Crippen molar-refractivity contribution in [3.8, 4) is 0 Å². The first-order valence-electron chi connectivity index (χ1n) is 13.1. The van der Waals surface area contributed by atoms with E-state index < -0.39 is 28.5 Å². The molecule has 3 aromatic rings. The number of rotatable bonds is 12. The van der Waals surface area contributed by atoms with Gasteiger partial charge in [-0.3, -0.25) is 13.9 Å². The van der Waals surface area contributed by atoms with Crippen LogP contribution in [0.4, 0.5) is 5.69 Å². The van der Waals surface area contributed by atoms with Gasteiger partial charge in [-0.05, 0) is 82.0 Å². The minimum atomic E-state index is -4.15. The molecule has 2 atom stereocenters. The lowest BCUT2D eigenvalue weighted by Crippen LogP contribution is -2.52. The molecule has 0 heterocycles. The molecule has 3 rings (SSSR count). The van der Waals surface area contributed by atoms with E-state index in [0.717, 1.165) is 14.8 Å². The molecule has 0 spiro atoms. The van der Waals surface area contributed by atoms with Crippen molar-refractivity contribution < 1.29 is 18.0 Å². The summed E-state index contributed by atoms with van der Waals surface area (Å²) in [6.45, 7) is 6.68. The van der Waals surface area contributed by atoms with Crippen LogP contribution in [0.15, 0.2) is 76.5 Å². The normalized spacial score (nSPS) is 12.9. The minimum Gasteiger partial charge on any atom is -0.352 e. The molecule has 0 aliphatic rings. The van der Waals surface area contributed by atoms with Gasteiger partial charge in [0.1, 0.15) is 12.6 Å². The quantitative estimate of drug-likeness (QED) is 0.228. The number of anilines is 1. The Morgan fingerprint density at radius 1 is 0.951 bits per heavy atom. The molecular formula is C30H35Cl2N3O4S2. The molecule has 0 fully saturated rings. The molecule has 0 unspecified atom stereocenters. The maximum atomic E-state index is 14.1. The fraction of sp³-hybridized carbons (Fsp3) is 0.333. The summed E-state index contributed by atoms with van der Waals surface area (Å²) >= 11 is 14.4. The van der Waals surface area contributed by atoms with Crippen LogP contribution in [0.3, 0.4) is 0 Å². The molecule has 0 radical (unpaired) electrons. The summed E-state index contributed by atoms with van der Waals surface area (Å²) in [5.74, 6) is -0.953. The van der Waals surface area contributed by atoms with Gasteiger partial charge >= 0.3 is 0 Å². The van der Waals surface area contributed by atoms with E-state index in [1.165, 1.54) is 28.8 Å². The third kappa shape index (κ3) is 8.19. The number of nitrogens with zero attached hydrogens (tertiary/aromatic N) is 2. The zero-order chi connectivity index (χ0) is 30.3. The summed E-state index contributed by atoms with van der Waals surface area (Å²) in [7, 11) is -4.15. The Morgan fingerprint density at radius 2 is 1.54 bits per heavy atom. The maximum Gasteiger partial charge on any atom is 0.264 e. The molecule has 2 amide bonds. The number of thioether (sulfide) groups is 1. The molecule has 0 saturated heterocycles. The lowest BCUT2D eigenvalue weighted by molar-refractivity contribution is -0.139. The number of hydrogen-bond donors (Lipinski definition) is 1. The van der Waals surface area contributed by atoms with E-state index >= 15 is 0 Å². The van der Waals surface area contributed by atoms with Gasteiger partial charge in [-0.1, -0.05) is 53.9 Å². The summed E-state index contributed by atoms with van der Waals surface area (Å²) in [5, 5.41) is 3.58. The molecule has 41 heavy (non-hydrogen) atoms. The summed E-state index contributed by atoms with van der Waals surface area (Å²) < 4.78 is 29.0. The predicted molar refractivity (Wildman–Crippen MR) is 168 cm³/mol. The molecular weight excluding hydrogens is 601 g/mol. The van der Waals surface area contributed by atoms with Crippen LogP contribution in [-0.4, -0.2) is 50.0 Å². The van der Waals surface area contributed by atoms with Crippen LogP contribution in [0.2, 0.25) is 10.0 Å². The van der Waals surface area contributed by atoms with Crippen LogP contribution in [-0.2, 0) is 26.2 Å². The molecule has 220 valence electrons. The number of aryl methyl sites for hydroxylation is 1. The topological polar surface area (TPSA) is 86.8 Å². The van der Waals surface area contributed by atoms with Gasteiger partial charge in [-0.2, -0.15) is 0 Å². The van der Waals surface area contributed by atoms with E-state index in [4.69, 9.17) is 23.2 Å². The Kier molecular flexibility index (Phi) is 11.6. The van der Waals surface area contributed by atoms with Crippen molar-refractivity contribution in [1.29, 1.82) is 0 Å². The largest absolute Gasteiger partial charge is 0.352 e. The van der Waals surface area contributed by atoms with Gasteiger partial charge in [0.2, 0.25) is 11.8 Å². The van der Waals surface area contributed by atoms with Crippen molar-refractivity contribution in [2.24, 2.45) is 0 Å². The smallest absolute Gasteiger partial charge is 0.264 e. The zero-order valence-corrected chi connectivity index (χ0v) is 26.9. The van der Waals surface area contributed by atoms with Crippen LogP contribution in [0.1, 0.15) is 38.3 Å². The number of sulfonamides is 1. The number of benzene rings is 3. The average molecular weight is 637 g/mol. The highest BCUT2D eigenvalue weighted by molar-refractivity contribution is 7.98. The van der Waals surface area contributed by atoms with Crippen LogP contribution >= 0.6 is 35.0 Å². The Hall–Kier alpha value is -2.72. The minimum absolute atomic E-state index is 0.0481. The summed E-state index contributed by atoms with van der Waals surface area (Å²) in [5.41, 5.74) is 1.72. The van der Waals surface area contributed by atoms with Crippen LogP contribution in [0, 0.1) is 6.92 Å². The SMILES string of the molecule is CC[C@H](C)NC(=O)[C@H](C)N(Cc1c(Cl)cccc1Cl)C(=O)CN(c1ccc(C)cc1)S(=O)(=O)c1ccc(SC)cc1. The van der Waals surface area contributed by atoms with Crippen molar-refractivity contribution in [2.45, 2.75) is 62.5 Å². The van der Waals surface area contributed by atoms with E-state index in [1.54, 1.807) is 61.5 Å². The number of nitrogens with one attached hydrogen (secondary N) is 1. The van der Waals surface area contributed by atoms with Crippen molar-refractivity contribution in [1.82, 2.24) is 10.2 Å². The second-order valence-corrected chi connectivity index (χ2v) is 13.3. The molecule has 7 nitrogen and oxygen atoms in total. The first-order valence-corrected chi connectivity index (χ1v) is 16.6. The number of amides is 2. The monoisotopic (exact) mass is 635 g/mol. The summed E-state index contributed by atoms with van der Waals surface area (Å²) in [6, 6.07) is 17.3. The van der Waals surface area contributed by atoms with Crippen molar-refractivity contribution in [3.05, 3.63) is 87.9 Å². The van der Waals surface area contributed by atoms with Gasteiger partial charge < -0.3 is 10.2 Å². The molecule has 0 saturated carbocycles. The molecule has 1 N–H and O–H groups in total. The van der Waals surface area contributed by atoms with E-state index in [2.05, 4.69) is 5.32 Å². The Morgan fingerprint density at radius 3 is 2.07 bits per heavy atom. The van der Waals surface area contributed by atoms with E-state index in [0.29, 0.717) is 27.7 Å². The lowest BCUT2D eigenvalue weighted by atomic mass is 10.1. The second-order valence-electron chi connectivity index (χ2n) is 9.74. The van der Waals surface area contributed by atoms with Crippen LogP contribution in [0.25, 0.3) is 0 Å². The van der Waals surface area contributed by atoms with Gasteiger partial charge in [0.15, 0.2) is 0 Å². The Labute approximate surface area is 257 Å². The van der Waals surface area contributed by atoms with E-state index in [9.17, 15) is 18.0 Å². The average Bonchev–Trinajstić information content (AvgIpc) is 2.95. The summed E-state index contributed by atoms with van der Waals surface area (Å²) in [6.07, 6.45) is 2.61. The van der Waals surface area contributed by atoms with Crippen LogP contribution in [0.5, 0.6) is 0 Å². The highest BCUT2D eigenvalue weighted by Crippen LogP contribution is 2.29.